The van der Waals surface area contributed by atoms with E-state index in [1.807, 2.05) is 43.3 Å². The molecule has 132 valence electrons. The predicted octanol–water partition coefficient (Wildman–Crippen LogP) is 3.93. The Labute approximate surface area is 151 Å². The normalized spacial score (nSPS) is 10.3. The molecule has 2 aromatic carbocycles. The number of rotatable bonds is 5. The van der Waals surface area contributed by atoms with E-state index in [0.717, 1.165) is 22.6 Å². The molecule has 0 radical (unpaired) electrons. The van der Waals surface area contributed by atoms with Gasteiger partial charge in [0.25, 0.3) is 0 Å². The van der Waals surface area contributed by atoms with E-state index in [4.69, 9.17) is 0 Å². The van der Waals surface area contributed by atoms with Crippen LogP contribution in [0.25, 0.3) is 0 Å². The molecule has 3 rings (SSSR count). The summed E-state index contributed by atoms with van der Waals surface area (Å²) in [6, 6.07) is 13.4. The maximum Gasteiger partial charge on any atom is 0.249 e. The number of anilines is 5. The van der Waals surface area contributed by atoms with E-state index in [2.05, 4.69) is 44.1 Å². The van der Waals surface area contributed by atoms with Gasteiger partial charge in [-0.2, -0.15) is 10.1 Å². The second-order valence-electron chi connectivity index (χ2n) is 5.99. The number of aromatic nitrogens is 3. The van der Waals surface area contributed by atoms with Crippen LogP contribution in [0, 0.1) is 13.8 Å². The highest BCUT2D eigenvalue weighted by Crippen LogP contribution is 2.21. The first-order valence-electron chi connectivity index (χ1n) is 8.18. The van der Waals surface area contributed by atoms with Crippen LogP contribution in [-0.2, 0) is 4.79 Å². The smallest absolute Gasteiger partial charge is 0.249 e. The number of amides is 1. The highest BCUT2D eigenvalue weighted by atomic mass is 16.1. The molecule has 3 aromatic rings. The fourth-order valence-electron chi connectivity index (χ4n) is 2.48. The van der Waals surface area contributed by atoms with Crippen LogP contribution >= 0.6 is 0 Å². The minimum atomic E-state index is -0.104. The fraction of sp³-hybridized carbons (Fsp3) is 0.158. The molecule has 0 aliphatic rings. The summed E-state index contributed by atoms with van der Waals surface area (Å²) in [6.07, 6.45) is 1.55. The summed E-state index contributed by atoms with van der Waals surface area (Å²) < 4.78 is 0. The van der Waals surface area contributed by atoms with Gasteiger partial charge in [0.1, 0.15) is 0 Å². The van der Waals surface area contributed by atoms with E-state index in [1.165, 1.54) is 12.5 Å². The highest BCUT2D eigenvalue weighted by Gasteiger charge is 2.05. The van der Waals surface area contributed by atoms with Gasteiger partial charge >= 0.3 is 0 Å². The van der Waals surface area contributed by atoms with Gasteiger partial charge in [0.05, 0.1) is 6.20 Å². The lowest BCUT2D eigenvalue weighted by Gasteiger charge is -2.10. The largest absolute Gasteiger partial charge is 0.339 e. The lowest BCUT2D eigenvalue weighted by Crippen LogP contribution is -2.05. The lowest BCUT2D eigenvalue weighted by molar-refractivity contribution is -0.114. The van der Waals surface area contributed by atoms with E-state index in [9.17, 15) is 4.79 Å². The molecule has 0 spiro atoms. The second kappa shape index (κ2) is 7.60. The molecule has 1 heterocycles. The number of nitrogens with one attached hydrogen (secondary N) is 3. The first kappa shape index (κ1) is 17.3. The fourth-order valence-corrected chi connectivity index (χ4v) is 2.48. The molecule has 0 bridgehead atoms. The van der Waals surface area contributed by atoms with Crippen LogP contribution in [0.5, 0.6) is 0 Å². The molecule has 0 aliphatic heterocycles. The molecule has 0 saturated heterocycles. The van der Waals surface area contributed by atoms with Gasteiger partial charge in [0.2, 0.25) is 11.9 Å². The van der Waals surface area contributed by atoms with Gasteiger partial charge in [0.15, 0.2) is 5.82 Å². The summed E-state index contributed by atoms with van der Waals surface area (Å²) in [5, 5.41) is 17.1. The van der Waals surface area contributed by atoms with Gasteiger partial charge in [-0.1, -0.05) is 17.7 Å². The predicted molar refractivity (Wildman–Crippen MR) is 103 cm³/mol. The molecule has 0 unspecified atom stereocenters. The van der Waals surface area contributed by atoms with Crippen molar-refractivity contribution in [2.45, 2.75) is 20.8 Å². The minimum Gasteiger partial charge on any atom is -0.339 e. The van der Waals surface area contributed by atoms with Gasteiger partial charge < -0.3 is 16.0 Å². The maximum absolute atomic E-state index is 11.1. The van der Waals surface area contributed by atoms with Crippen LogP contribution in [0.15, 0.2) is 48.7 Å². The van der Waals surface area contributed by atoms with Crippen molar-refractivity contribution < 1.29 is 4.79 Å². The Balaban J connectivity index is 1.72. The zero-order valence-electron chi connectivity index (χ0n) is 14.9. The van der Waals surface area contributed by atoms with Crippen molar-refractivity contribution >= 4 is 34.7 Å². The molecular weight excluding hydrogens is 328 g/mol. The number of nitrogens with zero attached hydrogens (tertiary/aromatic N) is 3. The van der Waals surface area contributed by atoms with E-state index in [-0.39, 0.29) is 5.91 Å². The number of benzene rings is 2. The van der Waals surface area contributed by atoms with E-state index < -0.39 is 0 Å². The Morgan fingerprint density at radius 2 is 1.69 bits per heavy atom. The van der Waals surface area contributed by atoms with Crippen LogP contribution in [0.4, 0.5) is 28.8 Å². The molecule has 26 heavy (non-hydrogen) atoms. The summed E-state index contributed by atoms with van der Waals surface area (Å²) in [5.74, 6) is 0.879. The molecule has 0 atom stereocenters. The Morgan fingerprint density at radius 1 is 0.962 bits per heavy atom. The molecular formula is C19H20N6O. The summed E-state index contributed by atoms with van der Waals surface area (Å²) in [6.45, 7) is 5.56. The van der Waals surface area contributed by atoms with Gasteiger partial charge in [-0.05, 0) is 49.7 Å². The standard InChI is InChI=1S/C19H20N6O/c1-12-4-9-17(13(2)10-12)23-19-24-18(11-20-25-19)22-16-7-5-15(6-8-16)21-14(3)26/h4-11H,1-3H3,(H,21,26)(H2,22,23,24,25). The van der Waals surface area contributed by atoms with Gasteiger partial charge in [-0.3, -0.25) is 4.79 Å². The summed E-state index contributed by atoms with van der Waals surface area (Å²) in [7, 11) is 0. The number of aryl methyl sites for hydroxylation is 2. The Morgan fingerprint density at radius 3 is 2.38 bits per heavy atom. The van der Waals surface area contributed by atoms with Crippen LogP contribution in [0.2, 0.25) is 0 Å². The third kappa shape index (κ3) is 4.54. The molecule has 0 saturated carbocycles. The molecule has 1 amide bonds. The second-order valence-corrected chi connectivity index (χ2v) is 5.99. The minimum absolute atomic E-state index is 0.104. The summed E-state index contributed by atoms with van der Waals surface area (Å²) >= 11 is 0. The van der Waals surface area contributed by atoms with Crippen LogP contribution in [-0.4, -0.2) is 21.1 Å². The topological polar surface area (TPSA) is 91.8 Å². The Hall–Kier alpha value is -3.48. The molecule has 0 fully saturated rings. The number of carbonyl (C=O) groups is 1. The van der Waals surface area contributed by atoms with Crippen molar-refractivity contribution in [3.63, 3.8) is 0 Å². The van der Waals surface area contributed by atoms with Crippen molar-refractivity contribution in [2.24, 2.45) is 0 Å². The van der Waals surface area contributed by atoms with E-state index in [1.54, 1.807) is 6.20 Å². The van der Waals surface area contributed by atoms with Crippen molar-refractivity contribution in [1.29, 1.82) is 0 Å². The zero-order chi connectivity index (χ0) is 18.5. The van der Waals surface area contributed by atoms with Crippen LogP contribution < -0.4 is 16.0 Å². The van der Waals surface area contributed by atoms with Crippen molar-refractivity contribution in [3.05, 3.63) is 59.8 Å². The van der Waals surface area contributed by atoms with Crippen molar-refractivity contribution in [3.8, 4) is 0 Å². The van der Waals surface area contributed by atoms with Gasteiger partial charge in [-0.25, -0.2) is 0 Å². The highest BCUT2D eigenvalue weighted by molar-refractivity contribution is 5.88. The summed E-state index contributed by atoms with van der Waals surface area (Å²) in [5.41, 5.74) is 4.82. The molecule has 1 aromatic heterocycles. The molecule has 3 N–H and O–H groups in total. The average molecular weight is 348 g/mol. The van der Waals surface area contributed by atoms with Gasteiger partial charge in [-0.15, -0.1) is 5.10 Å². The molecule has 7 heteroatoms. The number of carbonyl (C=O) groups excluding carboxylic acids is 1. The first-order chi connectivity index (χ1) is 12.5. The zero-order valence-corrected chi connectivity index (χ0v) is 14.9. The Kier molecular flexibility index (Phi) is 5.07. The Bertz CT molecular complexity index is 924. The maximum atomic E-state index is 11.1. The van der Waals surface area contributed by atoms with Crippen LogP contribution in [0.3, 0.4) is 0 Å². The van der Waals surface area contributed by atoms with E-state index >= 15 is 0 Å². The quantitative estimate of drug-likeness (QED) is 0.647. The summed E-state index contributed by atoms with van der Waals surface area (Å²) in [4.78, 5) is 15.5. The molecule has 7 nitrogen and oxygen atoms in total. The average Bonchev–Trinajstić information content (AvgIpc) is 2.59. The third-order valence-electron chi connectivity index (χ3n) is 3.66. The number of hydrogen-bond donors (Lipinski definition) is 3. The van der Waals surface area contributed by atoms with Crippen molar-refractivity contribution in [2.75, 3.05) is 16.0 Å². The first-order valence-corrected chi connectivity index (χ1v) is 8.18. The molecule has 0 aliphatic carbocycles. The lowest BCUT2D eigenvalue weighted by atomic mass is 10.1. The van der Waals surface area contributed by atoms with Crippen LogP contribution in [0.1, 0.15) is 18.1 Å². The van der Waals surface area contributed by atoms with E-state index in [0.29, 0.717) is 11.8 Å². The van der Waals surface area contributed by atoms with Gasteiger partial charge in [0, 0.05) is 24.0 Å². The SMILES string of the molecule is CC(=O)Nc1ccc(Nc2cnnc(Nc3ccc(C)cc3C)n2)cc1. The number of hydrogen-bond acceptors (Lipinski definition) is 6. The van der Waals surface area contributed by atoms with Crippen molar-refractivity contribution in [1.82, 2.24) is 15.2 Å². The monoisotopic (exact) mass is 348 g/mol. The third-order valence-corrected chi connectivity index (χ3v) is 3.66.